The zero-order valence-corrected chi connectivity index (χ0v) is 13.3. The normalized spacial score (nSPS) is 11.0. The van der Waals surface area contributed by atoms with Crippen LogP contribution in [0.5, 0.6) is 5.75 Å². The summed E-state index contributed by atoms with van der Waals surface area (Å²) >= 11 is 5.57. The van der Waals surface area contributed by atoms with Crippen LogP contribution in [-0.2, 0) is 6.18 Å². The zero-order valence-electron chi connectivity index (χ0n) is 12.6. The van der Waals surface area contributed by atoms with E-state index in [0.29, 0.717) is 5.75 Å². The third kappa shape index (κ3) is 5.06. The lowest BCUT2D eigenvalue weighted by molar-refractivity contribution is -0.136. The van der Waals surface area contributed by atoms with Gasteiger partial charge in [-0.15, -0.1) is 0 Å². The minimum Gasteiger partial charge on any atom is -0.473 e. The van der Waals surface area contributed by atoms with Crippen molar-refractivity contribution >= 4 is 23.3 Å². The lowest BCUT2D eigenvalue weighted by atomic mass is 10.1. The lowest BCUT2D eigenvalue weighted by Gasteiger charge is -2.15. The average molecular weight is 359 g/mol. The first-order chi connectivity index (χ1) is 11.3. The first-order valence-corrected chi connectivity index (χ1v) is 7.24. The van der Waals surface area contributed by atoms with Gasteiger partial charge in [0.2, 0.25) is 0 Å². The predicted molar refractivity (Wildman–Crippen MR) is 85.3 cm³/mol. The highest BCUT2D eigenvalue weighted by molar-refractivity contribution is 6.30. The summed E-state index contributed by atoms with van der Waals surface area (Å²) in [5.41, 5.74) is -0.361. The number of urea groups is 1. The van der Waals surface area contributed by atoms with Gasteiger partial charge < -0.3 is 15.4 Å². The Morgan fingerprint density at radius 2 is 1.83 bits per heavy atom. The number of halogens is 4. The Balaban J connectivity index is 1.94. The molecule has 2 rings (SSSR count). The highest BCUT2D eigenvalue weighted by atomic mass is 35.5. The average Bonchev–Trinajstić information content (AvgIpc) is 2.50. The van der Waals surface area contributed by atoms with Crippen molar-refractivity contribution in [2.45, 2.75) is 13.1 Å². The van der Waals surface area contributed by atoms with Crippen molar-refractivity contribution in [2.24, 2.45) is 0 Å². The highest BCUT2D eigenvalue weighted by Gasteiger charge is 2.34. The number of alkyl halides is 3. The van der Waals surface area contributed by atoms with Gasteiger partial charge >= 0.3 is 12.2 Å². The number of anilines is 1. The van der Waals surface area contributed by atoms with E-state index in [0.717, 1.165) is 17.7 Å². The molecule has 0 heterocycles. The minimum atomic E-state index is -4.63. The molecular weight excluding hydrogens is 345 g/mol. The van der Waals surface area contributed by atoms with Crippen molar-refractivity contribution in [2.75, 3.05) is 12.0 Å². The predicted octanol–water partition coefficient (Wildman–Crippen LogP) is 4.83. The molecule has 24 heavy (non-hydrogen) atoms. The Morgan fingerprint density at radius 3 is 2.46 bits per heavy atom. The van der Waals surface area contributed by atoms with Gasteiger partial charge in [-0.05, 0) is 37.3 Å². The molecule has 2 N–H and O–H groups in total. The van der Waals surface area contributed by atoms with Crippen LogP contribution in [0.2, 0.25) is 5.02 Å². The van der Waals surface area contributed by atoms with Crippen LogP contribution in [0.4, 0.5) is 23.7 Å². The lowest BCUT2D eigenvalue weighted by Crippen LogP contribution is -2.32. The van der Waals surface area contributed by atoms with Crippen molar-refractivity contribution in [3.63, 3.8) is 0 Å². The summed E-state index contributed by atoms with van der Waals surface area (Å²) in [7, 11) is 0. The van der Waals surface area contributed by atoms with Gasteiger partial charge in [0.1, 0.15) is 5.75 Å². The molecule has 0 aliphatic carbocycles. The van der Waals surface area contributed by atoms with Gasteiger partial charge in [0, 0.05) is 5.02 Å². The summed E-state index contributed by atoms with van der Waals surface area (Å²) in [6.07, 6.45) is -4.63. The topological polar surface area (TPSA) is 50.4 Å². The third-order valence-corrected chi connectivity index (χ3v) is 3.26. The van der Waals surface area contributed by atoms with Crippen LogP contribution in [0.15, 0.2) is 42.5 Å². The Kier molecular flexibility index (Phi) is 5.56. The Labute approximate surface area is 141 Å². The van der Waals surface area contributed by atoms with Gasteiger partial charge in [0.15, 0.2) is 6.73 Å². The van der Waals surface area contributed by atoms with Gasteiger partial charge in [-0.3, -0.25) is 0 Å². The Morgan fingerprint density at radius 1 is 1.17 bits per heavy atom. The molecule has 2 amide bonds. The first kappa shape index (κ1) is 17.9. The van der Waals surface area contributed by atoms with E-state index in [1.54, 1.807) is 12.1 Å². The molecule has 0 aliphatic rings. The van der Waals surface area contributed by atoms with E-state index in [1.165, 1.54) is 6.07 Å². The van der Waals surface area contributed by atoms with Crippen molar-refractivity contribution in [1.29, 1.82) is 0 Å². The molecule has 128 valence electrons. The van der Waals surface area contributed by atoms with Crippen LogP contribution in [0, 0.1) is 6.92 Å². The van der Waals surface area contributed by atoms with Crippen LogP contribution in [-0.4, -0.2) is 12.8 Å². The first-order valence-electron chi connectivity index (χ1n) is 6.87. The number of hydrogen-bond donors (Lipinski definition) is 2. The van der Waals surface area contributed by atoms with E-state index in [4.69, 9.17) is 16.3 Å². The molecule has 2 aromatic carbocycles. The Hall–Kier alpha value is -2.41. The second-order valence-corrected chi connectivity index (χ2v) is 5.36. The monoisotopic (exact) mass is 358 g/mol. The fourth-order valence-corrected chi connectivity index (χ4v) is 2.02. The van der Waals surface area contributed by atoms with Gasteiger partial charge in [-0.25, -0.2) is 4.79 Å². The molecule has 0 fully saturated rings. The van der Waals surface area contributed by atoms with Crippen LogP contribution < -0.4 is 15.4 Å². The van der Waals surface area contributed by atoms with Crippen molar-refractivity contribution in [3.05, 3.63) is 58.6 Å². The van der Waals surface area contributed by atoms with Crippen LogP contribution in [0.3, 0.4) is 0 Å². The number of hydrogen-bond acceptors (Lipinski definition) is 2. The molecule has 0 radical (unpaired) electrons. The SMILES string of the molecule is Cc1ccc(OCNC(=O)Nc2ccc(Cl)cc2C(F)(F)F)cc1. The van der Waals surface area contributed by atoms with Gasteiger partial charge in [-0.1, -0.05) is 29.3 Å². The molecule has 0 unspecified atom stereocenters. The highest BCUT2D eigenvalue weighted by Crippen LogP contribution is 2.36. The van der Waals surface area contributed by atoms with E-state index in [9.17, 15) is 18.0 Å². The number of carbonyl (C=O) groups excluding carboxylic acids is 1. The number of rotatable bonds is 4. The summed E-state index contributed by atoms with van der Waals surface area (Å²) in [5.74, 6) is 0.531. The van der Waals surface area contributed by atoms with Crippen molar-refractivity contribution in [3.8, 4) is 5.75 Å². The van der Waals surface area contributed by atoms with E-state index in [2.05, 4.69) is 10.6 Å². The molecule has 0 aliphatic heterocycles. The maximum Gasteiger partial charge on any atom is 0.418 e. The largest absolute Gasteiger partial charge is 0.473 e. The second-order valence-electron chi connectivity index (χ2n) is 4.92. The number of nitrogens with one attached hydrogen (secondary N) is 2. The molecule has 0 bridgehead atoms. The second kappa shape index (κ2) is 7.44. The fraction of sp³-hybridized carbons (Fsp3) is 0.188. The van der Waals surface area contributed by atoms with Gasteiger partial charge in [0.05, 0.1) is 11.3 Å². The van der Waals surface area contributed by atoms with E-state index < -0.39 is 17.8 Å². The minimum absolute atomic E-state index is 0.0732. The standard InChI is InChI=1S/C16H14ClF3N2O2/c1-10-2-5-12(6-3-10)24-9-21-15(23)22-14-7-4-11(17)8-13(14)16(18,19)20/h2-8H,9H2,1H3,(H2,21,22,23). The number of amides is 2. The number of benzene rings is 2. The number of carbonyl (C=O) groups is 1. The van der Waals surface area contributed by atoms with Gasteiger partial charge in [-0.2, -0.15) is 13.2 Å². The zero-order chi connectivity index (χ0) is 17.7. The molecule has 2 aromatic rings. The summed E-state index contributed by atoms with van der Waals surface area (Å²) in [5, 5.41) is 4.37. The van der Waals surface area contributed by atoms with Crippen molar-refractivity contribution in [1.82, 2.24) is 5.32 Å². The molecule has 0 spiro atoms. The molecule has 0 aromatic heterocycles. The summed E-state index contributed by atoms with van der Waals surface area (Å²) in [4.78, 5) is 11.7. The third-order valence-electron chi connectivity index (χ3n) is 3.03. The maximum absolute atomic E-state index is 12.9. The van der Waals surface area contributed by atoms with E-state index in [1.807, 2.05) is 19.1 Å². The van der Waals surface area contributed by atoms with Gasteiger partial charge in [0.25, 0.3) is 0 Å². The molecule has 0 saturated carbocycles. The van der Waals surface area contributed by atoms with E-state index in [-0.39, 0.29) is 17.4 Å². The van der Waals surface area contributed by atoms with Crippen LogP contribution >= 0.6 is 11.6 Å². The van der Waals surface area contributed by atoms with Crippen molar-refractivity contribution < 1.29 is 22.7 Å². The fourth-order valence-electron chi connectivity index (χ4n) is 1.85. The molecule has 8 heteroatoms. The summed E-state index contributed by atoms with van der Waals surface area (Å²) in [6, 6.07) is 9.37. The number of aryl methyl sites for hydroxylation is 1. The molecule has 4 nitrogen and oxygen atoms in total. The number of ether oxygens (including phenoxy) is 1. The molecule has 0 saturated heterocycles. The van der Waals surface area contributed by atoms with Crippen LogP contribution in [0.25, 0.3) is 0 Å². The smallest absolute Gasteiger partial charge is 0.418 e. The van der Waals surface area contributed by atoms with Crippen LogP contribution in [0.1, 0.15) is 11.1 Å². The summed E-state index contributed by atoms with van der Waals surface area (Å²) < 4.78 is 44.1. The molecule has 0 atom stereocenters. The Bertz CT molecular complexity index is 718. The summed E-state index contributed by atoms with van der Waals surface area (Å²) in [6.45, 7) is 1.73. The molecular formula is C16H14ClF3N2O2. The quantitative estimate of drug-likeness (QED) is 0.769. The van der Waals surface area contributed by atoms with E-state index >= 15 is 0 Å². The maximum atomic E-state index is 12.9.